The minimum absolute atomic E-state index is 0.140. The van der Waals surface area contributed by atoms with Crippen LogP contribution in [0, 0.1) is 13.8 Å². The van der Waals surface area contributed by atoms with E-state index < -0.39 is 38.4 Å². The maximum atomic E-state index is 13.2. The van der Waals surface area contributed by atoms with E-state index in [0.717, 1.165) is 19.2 Å². The van der Waals surface area contributed by atoms with Gasteiger partial charge in [0, 0.05) is 0 Å². The van der Waals surface area contributed by atoms with E-state index in [1.54, 1.807) is 18.6 Å². The molecule has 1 aromatic heterocycles. The van der Waals surface area contributed by atoms with Crippen LogP contribution >= 0.6 is 0 Å². The number of carbonyl (C=O) groups is 1. The number of hydrogen-bond donors (Lipinski definition) is 2. The number of alkyl halides is 3. The number of urea groups is 1. The highest BCUT2D eigenvalue weighted by Crippen LogP contribution is 2.38. The monoisotopic (exact) mass is 404 g/mol. The van der Waals surface area contributed by atoms with Crippen molar-refractivity contribution in [2.75, 3.05) is 12.4 Å². The molecular formula is C15H15F3N4O4S. The molecule has 1 heterocycles. The van der Waals surface area contributed by atoms with Gasteiger partial charge in [0.2, 0.25) is 0 Å². The van der Waals surface area contributed by atoms with Gasteiger partial charge in [-0.15, -0.1) is 0 Å². The number of aromatic nitrogens is 2. The van der Waals surface area contributed by atoms with Crippen molar-refractivity contribution in [1.82, 2.24) is 14.7 Å². The highest BCUT2D eigenvalue weighted by Gasteiger charge is 2.39. The summed E-state index contributed by atoms with van der Waals surface area (Å²) in [5, 5.41) is 2.22. The Balaban J connectivity index is 2.41. The maximum Gasteiger partial charge on any atom is 0.417 e. The molecule has 146 valence electrons. The van der Waals surface area contributed by atoms with Crippen molar-refractivity contribution >= 4 is 21.7 Å². The van der Waals surface area contributed by atoms with Crippen LogP contribution in [0.25, 0.3) is 0 Å². The number of halogens is 3. The van der Waals surface area contributed by atoms with Gasteiger partial charge in [0.1, 0.15) is 17.0 Å². The molecule has 2 amide bonds. The molecule has 0 spiro atoms. The van der Waals surface area contributed by atoms with Crippen molar-refractivity contribution in [1.29, 1.82) is 0 Å². The van der Waals surface area contributed by atoms with Crippen LogP contribution in [0.3, 0.4) is 0 Å². The standard InChI is InChI=1S/C15H15F3N4O4S/c1-8-12(9(2)20-7-19-8)21-14(23)22-27(24,25)13-10(15(16,17)18)5-4-6-11(13)26-3/h4-7H,1-3H3,(H2,21,22,23). The number of anilines is 1. The topological polar surface area (TPSA) is 110 Å². The van der Waals surface area contributed by atoms with E-state index in [0.29, 0.717) is 17.5 Å². The number of hydrogen-bond acceptors (Lipinski definition) is 6. The molecule has 27 heavy (non-hydrogen) atoms. The molecule has 0 unspecified atom stereocenters. The maximum absolute atomic E-state index is 13.2. The third-order valence-electron chi connectivity index (χ3n) is 3.46. The number of carbonyl (C=O) groups excluding carboxylic acids is 1. The molecule has 12 heteroatoms. The van der Waals surface area contributed by atoms with Gasteiger partial charge in [-0.25, -0.2) is 27.9 Å². The van der Waals surface area contributed by atoms with Crippen LogP contribution in [0.1, 0.15) is 17.0 Å². The number of ether oxygens (including phenoxy) is 1. The van der Waals surface area contributed by atoms with Crippen LogP contribution < -0.4 is 14.8 Å². The van der Waals surface area contributed by atoms with E-state index in [-0.39, 0.29) is 5.69 Å². The fourth-order valence-corrected chi connectivity index (χ4v) is 3.55. The third-order valence-corrected chi connectivity index (χ3v) is 4.88. The zero-order valence-corrected chi connectivity index (χ0v) is 15.2. The molecule has 0 aliphatic carbocycles. The summed E-state index contributed by atoms with van der Waals surface area (Å²) in [5.74, 6) is -0.555. The Morgan fingerprint density at radius 3 is 2.26 bits per heavy atom. The van der Waals surface area contributed by atoms with Crippen molar-refractivity contribution in [2.45, 2.75) is 24.9 Å². The van der Waals surface area contributed by atoms with Gasteiger partial charge < -0.3 is 10.1 Å². The van der Waals surface area contributed by atoms with Crippen LogP contribution in [-0.4, -0.2) is 31.5 Å². The largest absolute Gasteiger partial charge is 0.495 e. The Morgan fingerprint density at radius 2 is 1.74 bits per heavy atom. The van der Waals surface area contributed by atoms with Gasteiger partial charge in [0.15, 0.2) is 0 Å². The van der Waals surface area contributed by atoms with Crippen LogP contribution in [0.15, 0.2) is 29.4 Å². The Labute approximate surface area is 152 Å². The molecular weight excluding hydrogens is 389 g/mol. The molecule has 8 nitrogen and oxygen atoms in total. The number of amides is 2. The third kappa shape index (κ3) is 4.45. The first-order valence-electron chi connectivity index (χ1n) is 7.33. The zero-order valence-electron chi connectivity index (χ0n) is 14.4. The number of aryl methyl sites for hydroxylation is 2. The van der Waals surface area contributed by atoms with Gasteiger partial charge in [-0.1, -0.05) is 6.07 Å². The van der Waals surface area contributed by atoms with E-state index in [1.165, 1.54) is 6.33 Å². The van der Waals surface area contributed by atoms with Crippen molar-refractivity contribution in [3.63, 3.8) is 0 Å². The average molecular weight is 404 g/mol. The van der Waals surface area contributed by atoms with Gasteiger partial charge in [0.05, 0.1) is 29.7 Å². The lowest BCUT2D eigenvalue weighted by atomic mass is 10.2. The second kappa shape index (κ2) is 7.39. The first-order valence-corrected chi connectivity index (χ1v) is 8.82. The zero-order chi connectivity index (χ0) is 20.4. The molecule has 0 saturated carbocycles. The van der Waals surface area contributed by atoms with Crippen molar-refractivity contribution in [2.24, 2.45) is 0 Å². The lowest BCUT2D eigenvalue weighted by Gasteiger charge is -2.17. The highest BCUT2D eigenvalue weighted by atomic mass is 32.2. The fourth-order valence-electron chi connectivity index (χ4n) is 2.26. The number of sulfonamides is 1. The molecule has 0 bridgehead atoms. The summed E-state index contributed by atoms with van der Waals surface area (Å²) in [5.41, 5.74) is -0.620. The Morgan fingerprint density at radius 1 is 1.15 bits per heavy atom. The van der Waals surface area contributed by atoms with Gasteiger partial charge in [-0.2, -0.15) is 13.2 Å². The molecule has 0 atom stereocenters. The second-order valence-corrected chi connectivity index (χ2v) is 6.93. The number of rotatable bonds is 4. The summed E-state index contributed by atoms with van der Waals surface area (Å²) < 4.78 is 70.9. The van der Waals surface area contributed by atoms with Gasteiger partial charge >= 0.3 is 12.2 Å². The van der Waals surface area contributed by atoms with E-state index in [9.17, 15) is 26.4 Å². The summed E-state index contributed by atoms with van der Waals surface area (Å²) in [6, 6.07) is 1.35. The van der Waals surface area contributed by atoms with Crippen LogP contribution in [-0.2, 0) is 16.2 Å². The number of nitrogens with one attached hydrogen (secondary N) is 2. The summed E-state index contributed by atoms with van der Waals surface area (Å²) in [6.07, 6.45) is -3.73. The van der Waals surface area contributed by atoms with Gasteiger partial charge in [-0.05, 0) is 26.0 Å². The van der Waals surface area contributed by atoms with E-state index in [2.05, 4.69) is 15.3 Å². The highest BCUT2D eigenvalue weighted by molar-refractivity contribution is 7.90. The number of methoxy groups -OCH3 is 1. The molecule has 0 saturated heterocycles. The minimum Gasteiger partial charge on any atom is -0.495 e. The summed E-state index contributed by atoms with van der Waals surface area (Å²) in [6.45, 7) is 3.08. The predicted octanol–water partition coefficient (Wildman–Crippen LogP) is 2.63. The Hall–Kier alpha value is -2.89. The second-order valence-electron chi connectivity index (χ2n) is 5.31. The summed E-state index contributed by atoms with van der Waals surface area (Å²) in [7, 11) is -3.89. The van der Waals surface area contributed by atoms with Crippen molar-refractivity contribution < 1.29 is 31.1 Å². The number of nitrogens with zero attached hydrogens (tertiary/aromatic N) is 2. The van der Waals surface area contributed by atoms with Crippen LogP contribution in [0.4, 0.5) is 23.7 Å². The molecule has 0 aliphatic heterocycles. The van der Waals surface area contributed by atoms with Crippen molar-refractivity contribution in [3.05, 3.63) is 41.5 Å². The molecule has 1 aromatic carbocycles. The molecule has 0 fully saturated rings. The molecule has 0 radical (unpaired) electrons. The first kappa shape index (κ1) is 20.4. The van der Waals surface area contributed by atoms with Crippen molar-refractivity contribution in [3.8, 4) is 5.75 Å². The lowest BCUT2D eigenvalue weighted by Crippen LogP contribution is -2.36. The molecule has 2 N–H and O–H groups in total. The minimum atomic E-state index is -4.98. The van der Waals surface area contributed by atoms with Gasteiger partial charge in [-0.3, -0.25) is 0 Å². The Bertz CT molecular complexity index is 957. The quantitative estimate of drug-likeness (QED) is 0.811. The van der Waals surface area contributed by atoms with E-state index in [4.69, 9.17) is 4.74 Å². The van der Waals surface area contributed by atoms with Crippen LogP contribution in [0.5, 0.6) is 5.75 Å². The predicted molar refractivity (Wildman–Crippen MR) is 88.8 cm³/mol. The normalized spacial score (nSPS) is 11.8. The molecule has 2 aromatic rings. The fraction of sp³-hybridized carbons (Fsp3) is 0.267. The summed E-state index contributed by atoms with van der Waals surface area (Å²) >= 11 is 0. The van der Waals surface area contributed by atoms with Crippen LogP contribution in [0.2, 0.25) is 0 Å². The smallest absolute Gasteiger partial charge is 0.417 e. The van der Waals surface area contributed by atoms with E-state index >= 15 is 0 Å². The molecule has 0 aliphatic rings. The molecule has 2 rings (SSSR count). The van der Waals surface area contributed by atoms with E-state index in [1.807, 2.05) is 0 Å². The van der Waals surface area contributed by atoms with Gasteiger partial charge in [0.25, 0.3) is 10.0 Å². The summed E-state index contributed by atoms with van der Waals surface area (Å²) in [4.78, 5) is 18.6. The Kier molecular flexibility index (Phi) is 5.59. The average Bonchev–Trinajstić information content (AvgIpc) is 2.56. The SMILES string of the molecule is COc1cccc(C(F)(F)F)c1S(=O)(=O)NC(=O)Nc1c(C)ncnc1C. The lowest BCUT2D eigenvalue weighted by molar-refractivity contribution is -0.140. The number of benzene rings is 1. The first-order chi connectivity index (χ1) is 12.5.